The van der Waals surface area contributed by atoms with Crippen LogP contribution in [0.25, 0.3) is 0 Å². The van der Waals surface area contributed by atoms with Crippen molar-refractivity contribution in [3.05, 3.63) is 52.1 Å². The Morgan fingerprint density at radius 2 is 2.06 bits per heavy atom. The Morgan fingerprint density at radius 1 is 1.35 bits per heavy atom. The number of nitriles is 1. The fraction of sp³-hybridized carbons (Fsp3) is 0.167. The molecule has 17 heavy (non-hydrogen) atoms. The predicted octanol–water partition coefficient (Wildman–Crippen LogP) is 1.96. The van der Waals surface area contributed by atoms with Crippen molar-refractivity contribution in [2.75, 3.05) is 0 Å². The SMILES string of the molecule is N#Cc1ccc(Cn2c(CO)c[nH]c2=S)cc1. The van der Waals surface area contributed by atoms with E-state index in [-0.39, 0.29) is 6.61 Å². The number of imidazole rings is 1. The molecule has 1 heterocycles. The molecule has 0 saturated carbocycles. The van der Waals surface area contributed by atoms with Gasteiger partial charge in [-0.05, 0) is 29.9 Å². The zero-order valence-electron chi connectivity index (χ0n) is 9.05. The van der Waals surface area contributed by atoms with Gasteiger partial charge in [0.2, 0.25) is 0 Å². The van der Waals surface area contributed by atoms with Gasteiger partial charge in [0.05, 0.1) is 30.5 Å². The molecule has 0 radical (unpaired) electrons. The van der Waals surface area contributed by atoms with Crippen molar-refractivity contribution < 1.29 is 5.11 Å². The van der Waals surface area contributed by atoms with Crippen LogP contribution in [-0.2, 0) is 13.2 Å². The summed E-state index contributed by atoms with van der Waals surface area (Å²) in [5.41, 5.74) is 2.42. The molecular weight excluding hydrogens is 234 g/mol. The number of aromatic nitrogens is 2. The number of nitrogens with zero attached hydrogens (tertiary/aromatic N) is 2. The monoisotopic (exact) mass is 245 g/mol. The molecule has 2 rings (SSSR count). The summed E-state index contributed by atoms with van der Waals surface area (Å²) in [6.45, 7) is 0.535. The van der Waals surface area contributed by atoms with Crippen molar-refractivity contribution in [3.63, 3.8) is 0 Å². The number of aliphatic hydroxyl groups excluding tert-OH is 1. The van der Waals surface area contributed by atoms with Gasteiger partial charge < -0.3 is 14.7 Å². The number of H-pyrrole nitrogens is 1. The summed E-state index contributed by atoms with van der Waals surface area (Å²) in [6, 6.07) is 9.38. The normalized spacial score (nSPS) is 10.1. The smallest absolute Gasteiger partial charge is 0.177 e. The van der Waals surface area contributed by atoms with Crippen LogP contribution >= 0.6 is 12.2 Å². The van der Waals surface area contributed by atoms with E-state index in [9.17, 15) is 0 Å². The number of aromatic amines is 1. The molecule has 0 atom stereocenters. The Labute approximate surface area is 104 Å². The lowest BCUT2D eigenvalue weighted by atomic mass is 10.1. The minimum atomic E-state index is -0.0522. The first-order valence-electron chi connectivity index (χ1n) is 5.11. The first-order valence-corrected chi connectivity index (χ1v) is 5.52. The Hall–Kier alpha value is -1.90. The molecule has 1 aromatic carbocycles. The van der Waals surface area contributed by atoms with Gasteiger partial charge in [-0.25, -0.2) is 0 Å². The summed E-state index contributed by atoms with van der Waals surface area (Å²) in [4.78, 5) is 2.90. The molecule has 2 aromatic rings. The van der Waals surface area contributed by atoms with Crippen LogP contribution in [0.15, 0.2) is 30.5 Å². The summed E-state index contributed by atoms with van der Waals surface area (Å²) in [5.74, 6) is 0. The maximum absolute atomic E-state index is 9.16. The molecule has 0 bridgehead atoms. The maximum atomic E-state index is 9.16. The number of hydrogen-bond acceptors (Lipinski definition) is 3. The number of rotatable bonds is 3. The van der Waals surface area contributed by atoms with Crippen LogP contribution < -0.4 is 0 Å². The number of hydrogen-bond donors (Lipinski definition) is 2. The summed E-state index contributed by atoms with van der Waals surface area (Å²) in [5, 5.41) is 17.9. The predicted molar refractivity (Wildman–Crippen MR) is 65.8 cm³/mol. The lowest BCUT2D eigenvalue weighted by Gasteiger charge is -2.06. The van der Waals surface area contributed by atoms with Crippen LogP contribution in [0.1, 0.15) is 16.8 Å². The Bertz CT molecular complexity index is 604. The third-order valence-electron chi connectivity index (χ3n) is 2.54. The molecule has 2 N–H and O–H groups in total. The molecule has 0 fully saturated rings. The van der Waals surface area contributed by atoms with Gasteiger partial charge in [-0.3, -0.25) is 0 Å². The number of benzene rings is 1. The molecule has 0 aliphatic rings. The highest BCUT2D eigenvalue weighted by Crippen LogP contribution is 2.09. The quantitative estimate of drug-likeness (QED) is 0.812. The zero-order valence-corrected chi connectivity index (χ0v) is 9.87. The molecule has 0 saturated heterocycles. The largest absolute Gasteiger partial charge is 0.390 e. The van der Waals surface area contributed by atoms with E-state index in [1.165, 1.54) is 0 Å². The van der Waals surface area contributed by atoms with Crippen LogP contribution in [0.4, 0.5) is 0 Å². The summed E-state index contributed by atoms with van der Waals surface area (Å²) < 4.78 is 2.41. The highest BCUT2D eigenvalue weighted by molar-refractivity contribution is 7.71. The molecule has 0 aliphatic heterocycles. The summed E-state index contributed by atoms with van der Waals surface area (Å²) >= 11 is 5.13. The zero-order chi connectivity index (χ0) is 12.3. The number of aliphatic hydroxyl groups is 1. The molecule has 1 aromatic heterocycles. The summed E-state index contributed by atoms with van der Waals surface area (Å²) in [7, 11) is 0. The molecule has 4 nitrogen and oxygen atoms in total. The fourth-order valence-electron chi connectivity index (χ4n) is 1.60. The van der Waals surface area contributed by atoms with E-state index in [1.807, 2.05) is 16.7 Å². The highest BCUT2D eigenvalue weighted by atomic mass is 32.1. The van der Waals surface area contributed by atoms with E-state index < -0.39 is 0 Å². The first-order chi connectivity index (χ1) is 8.24. The van der Waals surface area contributed by atoms with Crippen molar-refractivity contribution in [1.29, 1.82) is 5.26 Å². The third-order valence-corrected chi connectivity index (χ3v) is 2.88. The van der Waals surface area contributed by atoms with Gasteiger partial charge in [-0.1, -0.05) is 12.1 Å². The van der Waals surface area contributed by atoms with E-state index in [0.717, 1.165) is 11.3 Å². The highest BCUT2D eigenvalue weighted by Gasteiger charge is 2.03. The van der Waals surface area contributed by atoms with Crippen molar-refractivity contribution >= 4 is 12.2 Å². The second kappa shape index (κ2) is 4.95. The Morgan fingerprint density at radius 3 is 2.65 bits per heavy atom. The van der Waals surface area contributed by atoms with E-state index >= 15 is 0 Å². The molecule has 5 heteroatoms. The van der Waals surface area contributed by atoms with Gasteiger partial charge in [0.1, 0.15) is 0 Å². The first kappa shape index (κ1) is 11.6. The van der Waals surface area contributed by atoms with Crippen molar-refractivity contribution in [3.8, 4) is 6.07 Å². The minimum absolute atomic E-state index is 0.0522. The van der Waals surface area contributed by atoms with Gasteiger partial charge in [0.25, 0.3) is 0 Å². The van der Waals surface area contributed by atoms with Crippen LogP contribution in [0, 0.1) is 16.1 Å². The second-order valence-electron chi connectivity index (χ2n) is 3.64. The van der Waals surface area contributed by atoms with Gasteiger partial charge in [0.15, 0.2) is 4.77 Å². The molecule has 0 aliphatic carbocycles. The van der Waals surface area contributed by atoms with E-state index in [0.29, 0.717) is 16.9 Å². The Kier molecular flexibility index (Phi) is 3.38. The summed E-state index contributed by atoms with van der Waals surface area (Å²) in [6.07, 6.45) is 1.70. The molecule has 0 unspecified atom stereocenters. The average Bonchev–Trinajstić information content (AvgIpc) is 2.71. The van der Waals surface area contributed by atoms with Gasteiger partial charge >= 0.3 is 0 Å². The van der Waals surface area contributed by atoms with Crippen LogP contribution in [0.5, 0.6) is 0 Å². The van der Waals surface area contributed by atoms with Crippen molar-refractivity contribution in [1.82, 2.24) is 9.55 Å². The number of nitrogens with one attached hydrogen (secondary N) is 1. The van der Waals surface area contributed by atoms with Crippen molar-refractivity contribution in [2.24, 2.45) is 0 Å². The standard InChI is InChI=1S/C12H11N3OS/c13-5-9-1-3-10(4-2-9)7-15-11(8-16)6-14-12(15)17/h1-4,6,16H,7-8H2,(H,14,17). The second-order valence-corrected chi connectivity index (χ2v) is 4.02. The Balaban J connectivity index is 2.28. The van der Waals surface area contributed by atoms with E-state index in [4.69, 9.17) is 22.6 Å². The van der Waals surface area contributed by atoms with Gasteiger partial charge in [-0.2, -0.15) is 5.26 Å². The lowest BCUT2D eigenvalue weighted by molar-refractivity contribution is 0.271. The maximum Gasteiger partial charge on any atom is 0.177 e. The van der Waals surface area contributed by atoms with Gasteiger partial charge in [-0.15, -0.1) is 0 Å². The molecular formula is C12H11N3OS. The topological polar surface area (TPSA) is 64.7 Å². The van der Waals surface area contributed by atoms with Crippen molar-refractivity contribution in [2.45, 2.75) is 13.2 Å². The average molecular weight is 245 g/mol. The molecule has 0 amide bonds. The molecule has 0 spiro atoms. The van der Waals surface area contributed by atoms with E-state index in [1.54, 1.807) is 18.3 Å². The third kappa shape index (κ3) is 2.44. The fourth-order valence-corrected chi connectivity index (χ4v) is 1.84. The minimum Gasteiger partial charge on any atom is -0.390 e. The van der Waals surface area contributed by atoms with Gasteiger partial charge in [0, 0.05) is 6.20 Å². The molecule has 86 valence electrons. The van der Waals surface area contributed by atoms with Crippen LogP contribution in [0.3, 0.4) is 0 Å². The van der Waals surface area contributed by atoms with E-state index in [2.05, 4.69) is 11.1 Å². The lowest BCUT2D eigenvalue weighted by Crippen LogP contribution is -2.04. The van der Waals surface area contributed by atoms with Crippen LogP contribution in [0.2, 0.25) is 0 Å². The van der Waals surface area contributed by atoms with Crippen LogP contribution in [-0.4, -0.2) is 14.7 Å².